The van der Waals surface area contributed by atoms with Crippen LogP contribution >= 0.6 is 0 Å². The van der Waals surface area contributed by atoms with Crippen LogP contribution in [0.4, 0.5) is 10.5 Å². The topological polar surface area (TPSA) is 68.4 Å². The Morgan fingerprint density at radius 1 is 1.17 bits per heavy atom. The Bertz CT molecular complexity index is 770. The van der Waals surface area contributed by atoms with Gasteiger partial charge in [-0.25, -0.2) is 4.79 Å². The summed E-state index contributed by atoms with van der Waals surface area (Å²) in [7, 11) is 3.45. The van der Waals surface area contributed by atoms with Crippen LogP contribution in [0, 0.1) is 5.92 Å². The third kappa shape index (κ3) is 3.34. The molecule has 3 heterocycles. The van der Waals surface area contributed by atoms with Crippen LogP contribution in [-0.4, -0.2) is 78.9 Å². The number of hydrogen-bond donors (Lipinski definition) is 1. The van der Waals surface area contributed by atoms with Crippen LogP contribution in [0.2, 0.25) is 0 Å². The van der Waals surface area contributed by atoms with E-state index < -0.39 is 0 Å². The number of nitrogens with one attached hydrogen (secondary N) is 1. The molecule has 0 aliphatic carbocycles. The fraction of sp³-hybridized carbons (Fsp3) is 0.619. The Labute approximate surface area is 172 Å². The van der Waals surface area contributed by atoms with E-state index in [4.69, 9.17) is 4.74 Å². The Morgan fingerprint density at radius 3 is 2.55 bits per heavy atom. The Kier molecular flexibility index (Phi) is 5.40. The SMILES string of the molecule is CCCCN1C(=O)C2C(NC3N(c4ccc(OC)cc4)CC(C)CN23)N(C)C1=O. The average Bonchev–Trinajstić information content (AvgIpc) is 3.11. The number of imide groups is 1. The van der Waals surface area contributed by atoms with Crippen LogP contribution in [0.1, 0.15) is 26.7 Å². The van der Waals surface area contributed by atoms with Crippen LogP contribution in [-0.2, 0) is 4.79 Å². The summed E-state index contributed by atoms with van der Waals surface area (Å²) in [4.78, 5) is 33.8. The number of anilines is 1. The van der Waals surface area contributed by atoms with E-state index in [0.29, 0.717) is 12.5 Å². The lowest BCUT2D eigenvalue weighted by molar-refractivity contribution is -0.138. The van der Waals surface area contributed by atoms with E-state index in [1.807, 2.05) is 24.3 Å². The van der Waals surface area contributed by atoms with E-state index >= 15 is 0 Å². The fourth-order valence-corrected chi connectivity index (χ4v) is 4.71. The van der Waals surface area contributed by atoms with Gasteiger partial charge in [-0.15, -0.1) is 0 Å². The number of methoxy groups -OCH3 is 1. The van der Waals surface area contributed by atoms with Crippen LogP contribution in [0.3, 0.4) is 0 Å². The van der Waals surface area contributed by atoms with Gasteiger partial charge in [0.15, 0.2) is 0 Å². The Balaban J connectivity index is 1.63. The molecule has 4 unspecified atom stereocenters. The number of rotatable bonds is 5. The lowest BCUT2D eigenvalue weighted by atomic mass is 10.0. The summed E-state index contributed by atoms with van der Waals surface area (Å²) < 4.78 is 5.29. The number of fused-ring (bicyclic) bond motifs is 3. The van der Waals surface area contributed by atoms with Crippen LogP contribution in [0.15, 0.2) is 24.3 Å². The number of benzene rings is 1. The molecule has 8 heteroatoms. The lowest BCUT2D eigenvalue weighted by Crippen LogP contribution is -2.66. The van der Waals surface area contributed by atoms with Crippen molar-refractivity contribution in [3.05, 3.63) is 24.3 Å². The maximum absolute atomic E-state index is 13.3. The van der Waals surface area contributed by atoms with Gasteiger partial charge in [0.25, 0.3) is 5.91 Å². The zero-order valence-corrected chi connectivity index (χ0v) is 17.7. The number of carbonyl (C=O) groups is 2. The molecule has 4 atom stereocenters. The van der Waals surface area contributed by atoms with E-state index in [1.165, 1.54) is 4.90 Å². The summed E-state index contributed by atoms with van der Waals surface area (Å²) in [6.45, 7) is 6.46. The Hall–Kier alpha value is -2.32. The second-order valence-electron chi connectivity index (χ2n) is 8.32. The molecule has 29 heavy (non-hydrogen) atoms. The van der Waals surface area contributed by atoms with E-state index in [1.54, 1.807) is 19.1 Å². The first kappa shape index (κ1) is 20.0. The highest BCUT2D eigenvalue weighted by atomic mass is 16.5. The number of nitrogens with zero attached hydrogens (tertiary/aromatic N) is 4. The molecule has 0 radical (unpaired) electrons. The number of ether oxygens (including phenoxy) is 1. The minimum atomic E-state index is -0.358. The molecule has 0 bridgehead atoms. The first-order valence-corrected chi connectivity index (χ1v) is 10.5. The molecule has 0 spiro atoms. The molecule has 1 N–H and O–H groups in total. The van der Waals surface area contributed by atoms with Gasteiger partial charge in [0, 0.05) is 32.4 Å². The molecule has 0 saturated carbocycles. The standard InChI is InChI=1S/C21H31N5O3/c1-5-6-11-24-19(27)17-18(23(3)21(24)28)22-20-25(12-14(2)13-26(17)20)15-7-9-16(29-4)10-8-15/h7-10,14,17-18,20,22H,5-6,11-13H2,1-4H3. The summed E-state index contributed by atoms with van der Waals surface area (Å²) in [5.41, 5.74) is 1.07. The molecule has 3 aliphatic heterocycles. The fourth-order valence-electron chi connectivity index (χ4n) is 4.71. The molecule has 8 nitrogen and oxygen atoms in total. The van der Waals surface area contributed by atoms with Crippen molar-refractivity contribution >= 4 is 17.6 Å². The van der Waals surface area contributed by atoms with E-state index in [0.717, 1.165) is 37.4 Å². The zero-order chi connectivity index (χ0) is 20.7. The summed E-state index contributed by atoms with van der Waals surface area (Å²) >= 11 is 0. The number of unbranched alkanes of at least 4 members (excludes halogenated alkanes) is 1. The van der Waals surface area contributed by atoms with Gasteiger partial charge in [-0.2, -0.15) is 0 Å². The third-order valence-electron chi connectivity index (χ3n) is 6.22. The highest BCUT2D eigenvalue weighted by molar-refractivity contribution is 6.00. The molecule has 158 valence electrons. The molecule has 1 aromatic rings. The molecular weight excluding hydrogens is 370 g/mol. The maximum atomic E-state index is 13.3. The van der Waals surface area contributed by atoms with Gasteiger partial charge in [0.05, 0.1) is 7.11 Å². The minimum absolute atomic E-state index is 0.0784. The number of hydrogen-bond acceptors (Lipinski definition) is 6. The number of urea groups is 1. The van der Waals surface area contributed by atoms with Crippen molar-refractivity contribution in [1.29, 1.82) is 0 Å². The van der Waals surface area contributed by atoms with Crippen molar-refractivity contribution < 1.29 is 14.3 Å². The van der Waals surface area contributed by atoms with Crippen molar-refractivity contribution in [2.45, 2.75) is 45.2 Å². The number of amides is 3. The maximum Gasteiger partial charge on any atom is 0.327 e. The quantitative estimate of drug-likeness (QED) is 0.811. The minimum Gasteiger partial charge on any atom is -0.497 e. The molecule has 0 aromatic heterocycles. The summed E-state index contributed by atoms with van der Waals surface area (Å²) in [6.07, 6.45) is 1.33. The first-order chi connectivity index (χ1) is 14.0. The first-order valence-electron chi connectivity index (χ1n) is 10.5. The van der Waals surface area contributed by atoms with Crippen molar-refractivity contribution in [3.63, 3.8) is 0 Å². The normalized spacial score (nSPS) is 29.9. The number of likely N-dealkylation sites (N-methyl/N-ethyl adjacent to an activating group) is 1. The predicted octanol–water partition coefficient (Wildman–Crippen LogP) is 1.73. The van der Waals surface area contributed by atoms with Crippen LogP contribution in [0.5, 0.6) is 5.75 Å². The molecular formula is C21H31N5O3. The molecule has 1 aromatic carbocycles. The van der Waals surface area contributed by atoms with Crippen LogP contribution in [0.25, 0.3) is 0 Å². The predicted molar refractivity (Wildman–Crippen MR) is 110 cm³/mol. The monoisotopic (exact) mass is 401 g/mol. The highest BCUT2D eigenvalue weighted by Gasteiger charge is 2.56. The lowest BCUT2D eigenvalue weighted by Gasteiger charge is -2.46. The van der Waals surface area contributed by atoms with Crippen molar-refractivity contribution in [2.75, 3.05) is 38.7 Å². The van der Waals surface area contributed by atoms with Gasteiger partial charge in [-0.1, -0.05) is 20.3 Å². The second-order valence-corrected chi connectivity index (χ2v) is 8.32. The molecule has 3 amide bonds. The van der Waals surface area contributed by atoms with Gasteiger partial charge >= 0.3 is 6.03 Å². The van der Waals surface area contributed by atoms with Gasteiger partial charge in [0.2, 0.25) is 0 Å². The van der Waals surface area contributed by atoms with Gasteiger partial charge in [-0.3, -0.25) is 19.9 Å². The second kappa shape index (κ2) is 7.84. The van der Waals surface area contributed by atoms with Crippen molar-refractivity contribution in [2.24, 2.45) is 5.92 Å². The van der Waals surface area contributed by atoms with Crippen LogP contribution < -0.4 is 15.0 Å². The van der Waals surface area contributed by atoms with E-state index in [2.05, 4.69) is 29.0 Å². The zero-order valence-electron chi connectivity index (χ0n) is 17.7. The molecule has 3 saturated heterocycles. The average molecular weight is 402 g/mol. The summed E-state index contributed by atoms with van der Waals surface area (Å²) in [5, 5.41) is 3.56. The van der Waals surface area contributed by atoms with Crippen molar-refractivity contribution in [3.8, 4) is 5.75 Å². The highest BCUT2D eigenvalue weighted by Crippen LogP contribution is 2.34. The Morgan fingerprint density at radius 2 is 1.90 bits per heavy atom. The number of carbonyl (C=O) groups excluding carboxylic acids is 2. The summed E-state index contributed by atoms with van der Waals surface area (Å²) in [5.74, 6) is 1.13. The smallest absolute Gasteiger partial charge is 0.327 e. The van der Waals surface area contributed by atoms with Gasteiger partial charge in [0.1, 0.15) is 24.2 Å². The molecule has 3 fully saturated rings. The van der Waals surface area contributed by atoms with Gasteiger partial charge < -0.3 is 14.5 Å². The van der Waals surface area contributed by atoms with Crippen molar-refractivity contribution in [1.82, 2.24) is 20.0 Å². The van der Waals surface area contributed by atoms with E-state index in [-0.39, 0.29) is 30.4 Å². The molecule has 4 rings (SSSR count). The molecule has 3 aliphatic rings. The summed E-state index contributed by atoms with van der Waals surface area (Å²) in [6, 6.07) is 7.43. The largest absolute Gasteiger partial charge is 0.497 e. The van der Waals surface area contributed by atoms with Gasteiger partial charge in [-0.05, 0) is 36.6 Å². The van der Waals surface area contributed by atoms with E-state index in [9.17, 15) is 9.59 Å². The third-order valence-corrected chi connectivity index (χ3v) is 6.22.